The van der Waals surface area contributed by atoms with Crippen molar-refractivity contribution >= 4 is 17.9 Å². The van der Waals surface area contributed by atoms with Crippen molar-refractivity contribution in [1.82, 2.24) is 4.90 Å². The number of carbonyl (C=O) groups excluding carboxylic acids is 1. The number of morpholine rings is 1. The van der Waals surface area contributed by atoms with Gasteiger partial charge in [0, 0.05) is 18.1 Å². The first-order valence-corrected chi connectivity index (χ1v) is 5.82. The molecule has 1 aliphatic heterocycles. The Kier molecular flexibility index (Phi) is 4.12. The predicted molar refractivity (Wildman–Crippen MR) is 63.7 cm³/mol. The minimum absolute atomic E-state index is 0.423. The number of aliphatic hydroxyl groups excluding tert-OH is 1. The zero-order chi connectivity index (χ0) is 12.3. The molecule has 17 heavy (non-hydrogen) atoms. The highest BCUT2D eigenvalue weighted by Crippen LogP contribution is 2.17. The van der Waals surface area contributed by atoms with Gasteiger partial charge in [0.2, 0.25) is 0 Å². The highest BCUT2D eigenvalue weighted by Gasteiger charge is 2.30. The van der Waals surface area contributed by atoms with Crippen LogP contribution in [0.4, 0.5) is 0 Å². The van der Waals surface area contributed by atoms with Crippen LogP contribution in [0.3, 0.4) is 0 Å². The second kappa shape index (κ2) is 5.60. The Morgan fingerprint density at radius 3 is 3.12 bits per heavy atom. The molecule has 0 aromatic heterocycles. The highest BCUT2D eigenvalue weighted by molar-refractivity contribution is 6.30. The van der Waals surface area contributed by atoms with E-state index in [1.54, 1.807) is 6.07 Å². The molecule has 0 saturated carbocycles. The van der Waals surface area contributed by atoms with Crippen molar-refractivity contribution in [2.24, 2.45) is 0 Å². The van der Waals surface area contributed by atoms with Crippen LogP contribution in [0, 0.1) is 0 Å². The van der Waals surface area contributed by atoms with Gasteiger partial charge in [0.1, 0.15) is 12.3 Å². The normalized spacial score (nSPS) is 25.8. The maximum absolute atomic E-state index is 10.9. The Bertz CT molecular complexity index is 399. The number of hydrogen-bond donors (Lipinski definition) is 1. The number of rotatable bonds is 3. The van der Waals surface area contributed by atoms with E-state index in [4.69, 9.17) is 16.3 Å². The standard InChI is InChI=1S/C12H14ClNO3/c13-10-3-1-2-9(6-10)7-14-4-5-17-12(16)11(14)8-15/h1-3,6,8,11-12,16H,4-5,7H2. The second-order valence-corrected chi connectivity index (χ2v) is 4.42. The van der Waals surface area contributed by atoms with Crippen molar-refractivity contribution in [2.45, 2.75) is 18.9 Å². The van der Waals surface area contributed by atoms with Crippen molar-refractivity contribution in [3.05, 3.63) is 34.9 Å². The van der Waals surface area contributed by atoms with Gasteiger partial charge in [-0.1, -0.05) is 23.7 Å². The van der Waals surface area contributed by atoms with Gasteiger partial charge in [-0.3, -0.25) is 4.90 Å². The Balaban J connectivity index is 2.08. The second-order valence-electron chi connectivity index (χ2n) is 3.99. The number of ether oxygens (including phenoxy) is 1. The van der Waals surface area contributed by atoms with Crippen molar-refractivity contribution in [3.8, 4) is 0 Å². The molecule has 2 atom stereocenters. The lowest BCUT2D eigenvalue weighted by atomic mass is 10.1. The first-order valence-electron chi connectivity index (χ1n) is 5.44. The largest absolute Gasteiger partial charge is 0.366 e. The third-order valence-electron chi connectivity index (χ3n) is 2.80. The molecule has 0 bridgehead atoms. The molecule has 1 aromatic carbocycles. The van der Waals surface area contributed by atoms with Gasteiger partial charge in [-0.05, 0) is 17.7 Å². The average molecular weight is 256 g/mol. The Labute approximate surface area is 105 Å². The first-order chi connectivity index (χ1) is 8.20. The van der Waals surface area contributed by atoms with Gasteiger partial charge in [-0.2, -0.15) is 0 Å². The van der Waals surface area contributed by atoms with E-state index in [2.05, 4.69) is 0 Å². The third-order valence-corrected chi connectivity index (χ3v) is 3.03. The first kappa shape index (κ1) is 12.5. The lowest BCUT2D eigenvalue weighted by Crippen LogP contribution is -2.51. The summed E-state index contributed by atoms with van der Waals surface area (Å²) in [6, 6.07) is 6.85. The summed E-state index contributed by atoms with van der Waals surface area (Å²) in [5.41, 5.74) is 1.01. The minimum Gasteiger partial charge on any atom is -0.366 e. The van der Waals surface area contributed by atoms with Gasteiger partial charge in [0.05, 0.1) is 6.61 Å². The number of carbonyl (C=O) groups is 1. The van der Waals surface area contributed by atoms with Crippen LogP contribution < -0.4 is 0 Å². The molecular weight excluding hydrogens is 242 g/mol. The minimum atomic E-state index is -1.04. The zero-order valence-electron chi connectivity index (χ0n) is 9.25. The summed E-state index contributed by atoms with van der Waals surface area (Å²) < 4.78 is 5.03. The van der Waals surface area contributed by atoms with E-state index in [1.807, 2.05) is 23.1 Å². The smallest absolute Gasteiger partial charge is 0.177 e. The molecule has 0 spiro atoms. The van der Waals surface area contributed by atoms with Gasteiger partial charge < -0.3 is 14.6 Å². The molecule has 1 aromatic rings. The number of aldehydes is 1. The molecule has 2 unspecified atom stereocenters. The van der Waals surface area contributed by atoms with Crippen LogP contribution in [0.15, 0.2) is 24.3 Å². The fourth-order valence-corrected chi connectivity index (χ4v) is 2.14. The summed E-state index contributed by atoms with van der Waals surface area (Å²) in [6.45, 7) is 1.61. The summed E-state index contributed by atoms with van der Waals surface area (Å²) in [5, 5.41) is 10.2. The highest BCUT2D eigenvalue weighted by atomic mass is 35.5. The molecular formula is C12H14ClNO3. The summed E-state index contributed by atoms with van der Waals surface area (Å²) in [4.78, 5) is 12.8. The molecule has 1 saturated heterocycles. The van der Waals surface area contributed by atoms with Crippen LogP contribution >= 0.6 is 11.6 Å². The quantitative estimate of drug-likeness (QED) is 0.821. The monoisotopic (exact) mass is 255 g/mol. The molecule has 4 nitrogen and oxygen atoms in total. The van der Waals surface area contributed by atoms with E-state index in [9.17, 15) is 9.90 Å². The van der Waals surface area contributed by atoms with E-state index in [0.29, 0.717) is 31.0 Å². The van der Waals surface area contributed by atoms with Crippen molar-refractivity contribution in [2.75, 3.05) is 13.2 Å². The van der Waals surface area contributed by atoms with Crippen LogP contribution in [0.1, 0.15) is 5.56 Å². The van der Waals surface area contributed by atoms with Gasteiger partial charge in [0.25, 0.3) is 0 Å². The van der Waals surface area contributed by atoms with Gasteiger partial charge in [0.15, 0.2) is 6.29 Å². The maximum atomic E-state index is 10.9. The van der Waals surface area contributed by atoms with E-state index in [0.717, 1.165) is 5.56 Å². The molecule has 1 heterocycles. The van der Waals surface area contributed by atoms with Gasteiger partial charge >= 0.3 is 0 Å². The Hall–Kier alpha value is -0.940. The van der Waals surface area contributed by atoms with Crippen LogP contribution in [0.2, 0.25) is 5.02 Å². The molecule has 92 valence electrons. The molecule has 1 aliphatic rings. The lowest BCUT2D eigenvalue weighted by Gasteiger charge is -2.35. The SMILES string of the molecule is O=CC1C(O)OCCN1Cc1cccc(Cl)c1. The van der Waals surface area contributed by atoms with Crippen molar-refractivity contribution in [3.63, 3.8) is 0 Å². The molecule has 2 rings (SSSR count). The number of aliphatic hydroxyl groups is 1. The molecule has 0 amide bonds. The van der Waals surface area contributed by atoms with Gasteiger partial charge in [-0.15, -0.1) is 0 Å². The van der Waals surface area contributed by atoms with Crippen LogP contribution in [0.25, 0.3) is 0 Å². The van der Waals surface area contributed by atoms with Crippen LogP contribution in [-0.4, -0.2) is 41.8 Å². The summed E-state index contributed by atoms with van der Waals surface area (Å²) in [6.07, 6.45) is -0.325. The fourth-order valence-electron chi connectivity index (χ4n) is 1.93. The summed E-state index contributed by atoms with van der Waals surface area (Å²) in [7, 11) is 0. The fraction of sp³-hybridized carbons (Fsp3) is 0.417. The van der Waals surface area contributed by atoms with Crippen LogP contribution in [-0.2, 0) is 16.1 Å². The molecule has 0 radical (unpaired) electrons. The summed E-state index contributed by atoms with van der Waals surface area (Å²) in [5.74, 6) is 0. The van der Waals surface area contributed by atoms with Crippen LogP contribution in [0.5, 0.6) is 0 Å². The molecule has 1 N–H and O–H groups in total. The van der Waals surface area contributed by atoms with E-state index in [-0.39, 0.29) is 0 Å². The third kappa shape index (κ3) is 3.04. The van der Waals surface area contributed by atoms with Gasteiger partial charge in [-0.25, -0.2) is 0 Å². The summed E-state index contributed by atoms with van der Waals surface area (Å²) >= 11 is 5.90. The van der Waals surface area contributed by atoms with Crippen molar-refractivity contribution < 1.29 is 14.6 Å². The zero-order valence-corrected chi connectivity index (χ0v) is 10.0. The topological polar surface area (TPSA) is 49.8 Å². The Morgan fingerprint density at radius 1 is 1.59 bits per heavy atom. The lowest BCUT2D eigenvalue weighted by molar-refractivity contribution is -0.180. The average Bonchev–Trinajstić information content (AvgIpc) is 2.29. The van der Waals surface area contributed by atoms with E-state index < -0.39 is 12.3 Å². The number of halogens is 1. The van der Waals surface area contributed by atoms with E-state index in [1.165, 1.54) is 0 Å². The van der Waals surface area contributed by atoms with Crippen molar-refractivity contribution in [1.29, 1.82) is 0 Å². The molecule has 1 fully saturated rings. The number of benzene rings is 1. The molecule has 5 heteroatoms. The Morgan fingerprint density at radius 2 is 2.41 bits per heavy atom. The predicted octanol–water partition coefficient (Wildman–Crippen LogP) is 1.06. The van der Waals surface area contributed by atoms with E-state index >= 15 is 0 Å². The molecule has 0 aliphatic carbocycles. The number of hydrogen-bond acceptors (Lipinski definition) is 4. The number of nitrogens with zero attached hydrogens (tertiary/aromatic N) is 1. The maximum Gasteiger partial charge on any atom is 0.177 e.